The van der Waals surface area contributed by atoms with Crippen molar-refractivity contribution in [1.29, 1.82) is 0 Å². The number of carbonyl (C=O) groups excluding carboxylic acids is 1. The summed E-state index contributed by atoms with van der Waals surface area (Å²) < 4.78 is 5.23. The van der Waals surface area contributed by atoms with E-state index in [1.807, 2.05) is 54.4 Å². The van der Waals surface area contributed by atoms with E-state index in [2.05, 4.69) is 61.5 Å². The first-order chi connectivity index (χ1) is 19.5. The number of benzene rings is 1. The minimum Gasteiger partial charge on any atom is -0.450 e. The van der Waals surface area contributed by atoms with Gasteiger partial charge >= 0.3 is 23.2 Å². The van der Waals surface area contributed by atoms with Crippen molar-refractivity contribution >= 4 is 17.2 Å². The second-order valence-electron chi connectivity index (χ2n) is 10.8. The van der Waals surface area contributed by atoms with E-state index in [0.29, 0.717) is 19.7 Å². The van der Waals surface area contributed by atoms with Crippen LogP contribution in [0.4, 0.5) is 4.79 Å². The fourth-order valence-corrected chi connectivity index (χ4v) is 5.72. The van der Waals surface area contributed by atoms with Gasteiger partial charge in [0.05, 0.1) is 6.61 Å². The van der Waals surface area contributed by atoms with E-state index in [9.17, 15) is 4.79 Å². The monoisotopic (exact) mass is 589 g/mol. The number of likely N-dealkylation sites (tertiary alicyclic amines) is 1. The Morgan fingerprint density at radius 3 is 2.49 bits per heavy atom. The quantitative estimate of drug-likeness (QED) is 0.324. The number of amides is 1. The number of hydrogen-bond donors (Lipinski definition) is 0. The van der Waals surface area contributed by atoms with Gasteiger partial charge in [0.1, 0.15) is 0 Å². The maximum Gasteiger partial charge on any atom is 2.00 e. The van der Waals surface area contributed by atoms with Gasteiger partial charge in [0.2, 0.25) is 0 Å². The third kappa shape index (κ3) is 7.45. The molecule has 2 heterocycles. The van der Waals surface area contributed by atoms with Crippen LogP contribution in [0.3, 0.4) is 0 Å². The van der Waals surface area contributed by atoms with Gasteiger partial charge in [-0.2, -0.15) is 29.7 Å². The van der Waals surface area contributed by atoms with Crippen molar-refractivity contribution in [2.45, 2.75) is 32.6 Å². The molecule has 1 aromatic heterocycles. The predicted molar refractivity (Wildman–Crippen MR) is 162 cm³/mol. The summed E-state index contributed by atoms with van der Waals surface area (Å²) in [4.78, 5) is 21.1. The summed E-state index contributed by atoms with van der Waals surface area (Å²) >= 11 is 0. The largest absolute Gasteiger partial charge is 2.00 e. The van der Waals surface area contributed by atoms with Crippen molar-refractivity contribution in [3.8, 4) is 0 Å². The number of aromatic nitrogens is 1. The van der Waals surface area contributed by atoms with Crippen LogP contribution >= 0.6 is 0 Å². The number of fused-ring (bicyclic) bond motifs is 2. The standard InChI is InChI=1S/C30H34N3O2.C5H5.Fe/c1-4-35-30(34)33-16-13-22(14-17-33)28-27-12-11-25(24-8-7-21(18-24)20-32(2)3)19-26(27)10-9-23-6-5-15-31-29(23)28;1-2-4-5-3-1;/h5-8,11-12,15,18-19H,4,9-10,13-14,16-17,20H2,1-3H3;1-5H;/q2*-1;+2/b25-24-;;. The van der Waals surface area contributed by atoms with E-state index in [4.69, 9.17) is 9.72 Å². The molecule has 1 saturated heterocycles. The molecule has 2 aromatic carbocycles. The molecular formula is C35H39FeN3O2. The first-order valence-electron chi connectivity index (χ1n) is 14.3. The van der Waals surface area contributed by atoms with Crippen molar-refractivity contribution in [2.75, 3.05) is 40.3 Å². The number of aryl methyl sites for hydroxylation is 2. The zero-order valence-electron chi connectivity index (χ0n) is 24.3. The molecule has 0 unspecified atom stereocenters. The summed E-state index contributed by atoms with van der Waals surface area (Å²) in [5.74, 6) is 1.39. The molecule has 3 aromatic rings. The molecule has 0 bridgehead atoms. The van der Waals surface area contributed by atoms with Gasteiger partial charge in [0.15, 0.2) is 0 Å². The Balaban J connectivity index is 0.000000584. The Labute approximate surface area is 254 Å². The molecule has 2 aliphatic carbocycles. The maximum absolute atomic E-state index is 12.2. The van der Waals surface area contributed by atoms with E-state index < -0.39 is 0 Å². The van der Waals surface area contributed by atoms with Gasteiger partial charge in [-0.15, -0.1) is 11.3 Å². The minimum atomic E-state index is -0.204. The summed E-state index contributed by atoms with van der Waals surface area (Å²) in [6.07, 6.45) is 12.1. The topological polar surface area (TPSA) is 45.7 Å². The summed E-state index contributed by atoms with van der Waals surface area (Å²) in [5.41, 5.74) is 7.70. The first-order valence-corrected chi connectivity index (χ1v) is 14.3. The number of pyridine rings is 1. The van der Waals surface area contributed by atoms with E-state index in [1.54, 1.807) is 0 Å². The van der Waals surface area contributed by atoms with Crippen LogP contribution in [0.2, 0.25) is 0 Å². The van der Waals surface area contributed by atoms with Crippen LogP contribution in [0, 0.1) is 5.92 Å². The van der Waals surface area contributed by atoms with Crippen molar-refractivity contribution in [1.82, 2.24) is 14.8 Å². The molecule has 0 N–H and O–H groups in total. The SMILES string of the molecule is CCOC(=O)N1CC[C-](C2=c3cc/c(=C4\C=CC(CN(C)C)=C4)cc3CCc3cccnc32)CC1.[Fe+2].c1cc[cH-]c1. The average molecular weight is 590 g/mol. The molecule has 0 saturated carbocycles. The Kier molecular flexibility index (Phi) is 10.8. The molecular weight excluding hydrogens is 550 g/mol. The van der Waals surface area contributed by atoms with Crippen LogP contribution in [-0.2, 0) is 34.6 Å². The van der Waals surface area contributed by atoms with E-state index in [-0.39, 0.29) is 23.2 Å². The van der Waals surface area contributed by atoms with Crippen LogP contribution in [0.25, 0.3) is 11.1 Å². The zero-order valence-corrected chi connectivity index (χ0v) is 25.4. The third-order valence-corrected chi connectivity index (χ3v) is 7.62. The summed E-state index contributed by atoms with van der Waals surface area (Å²) in [6, 6.07) is 21.2. The van der Waals surface area contributed by atoms with Gasteiger partial charge in [-0.05, 0) is 68.1 Å². The summed E-state index contributed by atoms with van der Waals surface area (Å²) in [5, 5.41) is 2.57. The molecule has 3 aliphatic rings. The fourth-order valence-electron chi connectivity index (χ4n) is 5.72. The number of allylic oxidation sites excluding steroid dienone is 2. The Morgan fingerprint density at radius 2 is 1.80 bits per heavy atom. The third-order valence-electron chi connectivity index (χ3n) is 7.62. The number of piperidine rings is 1. The maximum atomic E-state index is 12.2. The van der Waals surface area contributed by atoms with Gasteiger partial charge in [-0.1, -0.05) is 54.3 Å². The molecule has 6 heteroatoms. The fraction of sp³-hybridized carbons (Fsp3) is 0.314. The van der Waals surface area contributed by atoms with Crippen molar-refractivity contribution in [3.63, 3.8) is 0 Å². The minimum absolute atomic E-state index is 0. The smallest absolute Gasteiger partial charge is 0.450 e. The number of likely N-dealkylation sites (N-methyl/N-ethyl adjacent to an activating group) is 1. The molecule has 41 heavy (non-hydrogen) atoms. The molecule has 214 valence electrons. The van der Waals surface area contributed by atoms with Gasteiger partial charge in [-0.25, -0.2) is 16.9 Å². The molecule has 6 rings (SSSR count). The molecule has 0 radical (unpaired) electrons. The van der Waals surface area contributed by atoms with E-state index in [1.165, 1.54) is 44.2 Å². The zero-order chi connectivity index (χ0) is 27.9. The second kappa shape index (κ2) is 14.5. The van der Waals surface area contributed by atoms with Crippen LogP contribution in [-0.4, -0.2) is 61.2 Å². The number of carbonyl (C=O) groups is 1. The van der Waals surface area contributed by atoms with Crippen LogP contribution in [0.1, 0.15) is 36.6 Å². The molecule has 0 atom stereocenters. The van der Waals surface area contributed by atoms with Gasteiger partial charge in [-0.3, -0.25) is 0 Å². The van der Waals surface area contributed by atoms with Crippen molar-refractivity contribution < 1.29 is 26.6 Å². The Morgan fingerprint density at radius 1 is 1.05 bits per heavy atom. The Hall–Kier alpha value is -3.44. The summed E-state index contributed by atoms with van der Waals surface area (Å²) in [6.45, 7) is 4.60. The molecule has 0 spiro atoms. The molecule has 1 fully saturated rings. The van der Waals surface area contributed by atoms with Gasteiger partial charge in [0.25, 0.3) is 0 Å². The van der Waals surface area contributed by atoms with Crippen LogP contribution in [0.15, 0.2) is 90.7 Å². The molecule has 1 amide bonds. The van der Waals surface area contributed by atoms with Crippen LogP contribution in [0.5, 0.6) is 0 Å². The number of ether oxygens (including phenoxy) is 1. The first kappa shape index (κ1) is 30.5. The molecule has 5 nitrogen and oxygen atoms in total. The van der Waals surface area contributed by atoms with E-state index >= 15 is 0 Å². The Bertz CT molecular complexity index is 1480. The van der Waals surface area contributed by atoms with Crippen molar-refractivity contribution in [2.24, 2.45) is 0 Å². The van der Waals surface area contributed by atoms with Crippen molar-refractivity contribution in [3.05, 3.63) is 124 Å². The molecule has 1 aliphatic heterocycles. The summed E-state index contributed by atoms with van der Waals surface area (Å²) in [7, 11) is 4.21. The normalized spacial score (nSPS) is 17.1. The van der Waals surface area contributed by atoms with E-state index in [0.717, 1.165) is 37.9 Å². The number of nitrogens with zero attached hydrogens (tertiary/aromatic N) is 3. The average Bonchev–Trinajstić information content (AvgIpc) is 3.67. The second-order valence-corrected chi connectivity index (χ2v) is 10.8. The predicted octanol–water partition coefficient (Wildman–Crippen LogP) is 4.82. The van der Waals surface area contributed by atoms with Gasteiger partial charge in [0, 0.05) is 25.8 Å². The number of hydrogen-bond acceptors (Lipinski definition) is 4. The van der Waals surface area contributed by atoms with Gasteiger partial charge < -0.3 is 19.5 Å². The van der Waals surface area contributed by atoms with Crippen LogP contribution < -0.4 is 10.4 Å². The number of rotatable bonds is 4.